The Hall–Kier alpha value is -2.32. The molecule has 2 nitrogen and oxygen atoms in total. The van der Waals surface area contributed by atoms with Gasteiger partial charge in [0, 0.05) is 18.4 Å². The van der Waals surface area contributed by atoms with Crippen molar-refractivity contribution in [2.24, 2.45) is 0 Å². The van der Waals surface area contributed by atoms with Crippen molar-refractivity contribution in [1.29, 1.82) is 0 Å². The molecule has 20 heavy (non-hydrogen) atoms. The van der Waals surface area contributed by atoms with E-state index in [0.29, 0.717) is 0 Å². The largest absolute Gasteiger partial charge is 0.392 e. The predicted molar refractivity (Wildman–Crippen MR) is 84.4 cm³/mol. The highest BCUT2D eigenvalue weighted by molar-refractivity contribution is 5.86. The molecule has 1 N–H and O–H groups in total. The summed E-state index contributed by atoms with van der Waals surface area (Å²) in [6.07, 6.45) is 0. The molecule has 0 heterocycles. The fraction of sp³-hybridized carbons (Fsp3) is 0.111. The molecule has 3 aromatic rings. The van der Waals surface area contributed by atoms with Gasteiger partial charge < -0.3 is 10.0 Å². The Labute approximate surface area is 118 Å². The zero-order valence-electron chi connectivity index (χ0n) is 11.5. The molecule has 3 aromatic carbocycles. The molecular weight excluding hydrogens is 246 g/mol. The highest BCUT2D eigenvalue weighted by atomic mass is 16.3. The van der Waals surface area contributed by atoms with Gasteiger partial charge in [0.2, 0.25) is 0 Å². The summed E-state index contributed by atoms with van der Waals surface area (Å²) in [7, 11) is 2.05. The minimum Gasteiger partial charge on any atom is -0.392 e. The summed E-state index contributed by atoms with van der Waals surface area (Å²) < 4.78 is 0. The molecule has 2 heteroatoms. The van der Waals surface area contributed by atoms with E-state index in [1.54, 1.807) is 0 Å². The summed E-state index contributed by atoms with van der Waals surface area (Å²) in [5, 5.41) is 11.6. The van der Waals surface area contributed by atoms with Gasteiger partial charge in [-0.3, -0.25) is 0 Å². The number of aliphatic hydroxyl groups is 1. The van der Waals surface area contributed by atoms with Gasteiger partial charge in [-0.05, 0) is 40.6 Å². The van der Waals surface area contributed by atoms with Crippen LogP contribution in [-0.4, -0.2) is 12.2 Å². The molecule has 0 spiro atoms. The van der Waals surface area contributed by atoms with Gasteiger partial charge in [0.05, 0.1) is 6.61 Å². The Morgan fingerprint density at radius 2 is 1.45 bits per heavy atom. The van der Waals surface area contributed by atoms with Crippen LogP contribution in [0.4, 0.5) is 11.4 Å². The summed E-state index contributed by atoms with van der Waals surface area (Å²) >= 11 is 0. The van der Waals surface area contributed by atoms with Crippen LogP contribution >= 0.6 is 0 Å². The van der Waals surface area contributed by atoms with Crippen LogP contribution in [0.15, 0.2) is 66.7 Å². The number of benzene rings is 3. The van der Waals surface area contributed by atoms with Crippen LogP contribution in [0.25, 0.3) is 10.8 Å². The molecule has 3 rings (SSSR count). The third kappa shape index (κ3) is 2.38. The molecule has 0 aliphatic carbocycles. The lowest BCUT2D eigenvalue weighted by atomic mass is 10.1. The average Bonchev–Trinajstić information content (AvgIpc) is 2.54. The topological polar surface area (TPSA) is 23.5 Å². The van der Waals surface area contributed by atoms with Crippen LogP contribution < -0.4 is 4.90 Å². The van der Waals surface area contributed by atoms with Gasteiger partial charge in [0.15, 0.2) is 0 Å². The van der Waals surface area contributed by atoms with Gasteiger partial charge in [-0.1, -0.05) is 42.5 Å². The standard InChI is InChI=1S/C18H17NO/c1-19(17-9-6-14(13-20)7-10-17)18-11-8-15-4-2-3-5-16(15)12-18/h2-12,20H,13H2,1H3. The summed E-state index contributed by atoms with van der Waals surface area (Å²) in [6, 6.07) is 22.8. The first kappa shape index (κ1) is 12.7. The van der Waals surface area contributed by atoms with E-state index in [9.17, 15) is 0 Å². The van der Waals surface area contributed by atoms with Gasteiger partial charge in [-0.15, -0.1) is 0 Å². The smallest absolute Gasteiger partial charge is 0.0681 e. The van der Waals surface area contributed by atoms with Gasteiger partial charge >= 0.3 is 0 Å². The second kappa shape index (κ2) is 5.35. The van der Waals surface area contributed by atoms with Crippen molar-refractivity contribution in [3.05, 3.63) is 72.3 Å². The molecule has 0 fully saturated rings. The van der Waals surface area contributed by atoms with Gasteiger partial charge in [0.25, 0.3) is 0 Å². The average molecular weight is 263 g/mol. The molecular formula is C18H17NO. The van der Waals surface area contributed by atoms with Crippen LogP contribution in [0.5, 0.6) is 0 Å². The highest BCUT2D eigenvalue weighted by Gasteiger charge is 2.04. The van der Waals surface area contributed by atoms with E-state index in [1.807, 2.05) is 24.3 Å². The molecule has 0 saturated carbocycles. The van der Waals surface area contributed by atoms with Crippen LogP contribution in [-0.2, 0) is 6.61 Å². The monoisotopic (exact) mass is 263 g/mol. The van der Waals surface area contributed by atoms with E-state index in [1.165, 1.54) is 10.8 Å². The fourth-order valence-electron chi connectivity index (χ4n) is 2.36. The minimum atomic E-state index is 0.0833. The maximum atomic E-state index is 9.09. The number of fused-ring (bicyclic) bond motifs is 1. The fourth-order valence-corrected chi connectivity index (χ4v) is 2.36. The molecule has 0 unspecified atom stereocenters. The third-order valence-corrected chi connectivity index (χ3v) is 3.63. The highest BCUT2D eigenvalue weighted by Crippen LogP contribution is 2.27. The number of nitrogens with zero attached hydrogens (tertiary/aromatic N) is 1. The minimum absolute atomic E-state index is 0.0833. The van der Waals surface area contributed by atoms with Crippen molar-refractivity contribution in [2.45, 2.75) is 6.61 Å². The van der Waals surface area contributed by atoms with Crippen molar-refractivity contribution in [3.63, 3.8) is 0 Å². The normalized spacial score (nSPS) is 10.7. The molecule has 0 amide bonds. The van der Waals surface area contributed by atoms with Crippen molar-refractivity contribution < 1.29 is 5.11 Å². The summed E-state index contributed by atoms with van der Waals surface area (Å²) in [4.78, 5) is 2.15. The molecule has 0 aromatic heterocycles. The number of rotatable bonds is 3. The quantitative estimate of drug-likeness (QED) is 0.769. The first-order valence-electron chi connectivity index (χ1n) is 6.70. The molecule has 100 valence electrons. The van der Waals surface area contributed by atoms with Gasteiger partial charge in [-0.25, -0.2) is 0 Å². The first-order chi connectivity index (χ1) is 9.78. The lowest BCUT2D eigenvalue weighted by Crippen LogP contribution is -2.09. The maximum Gasteiger partial charge on any atom is 0.0681 e. The summed E-state index contributed by atoms with van der Waals surface area (Å²) in [5.74, 6) is 0. The zero-order valence-corrected chi connectivity index (χ0v) is 11.5. The van der Waals surface area contributed by atoms with Gasteiger partial charge in [0.1, 0.15) is 0 Å². The van der Waals surface area contributed by atoms with E-state index in [-0.39, 0.29) is 6.61 Å². The molecule has 0 bridgehead atoms. The number of hydrogen-bond acceptors (Lipinski definition) is 2. The first-order valence-corrected chi connectivity index (χ1v) is 6.70. The Kier molecular flexibility index (Phi) is 3.40. The van der Waals surface area contributed by atoms with Crippen molar-refractivity contribution in [2.75, 3.05) is 11.9 Å². The van der Waals surface area contributed by atoms with Crippen LogP contribution in [0.1, 0.15) is 5.56 Å². The lowest BCUT2D eigenvalue weighted by molar-refractivity contribution is 0.282. The van der Waals surface area contributed by atoms with E-state index in [0.717, 1.165) is 16.9 Å². The van der Waals surface area contributed by atoms with Crippen molar-refractivity contribution in [3.8, 4) is 0 Å². The van der Waals surface area contributed by atoms with E-state index >= 15 is 0 Å². The molecule has 0 aliphatic rings. The Morgan fingerprint density at radius 1 is 0.800 bits per heavy atom. The second-order valence-corrected chi connectivity index (χ2v) is 4.92. The van der Waals surface area contributed by atoms with Crippen LogP contribution in [0, 0.1) is 0 Å². The molecule has 0 aliphatic heterocycles. The van der Waals surface area contributed by atoms with Crippen molar-refractivity contribution in [1.82, 2.24) is 0 Å². The number of aliphatic hydroxyl groups excluding tert-OH is 1. The van der Waals surface area contributed by atoms with E-state index < -0.39 is 0 Å². The third-order valence-electron chi connectivity index (χ3n) is 3.63. The predicted octanol–water partition coefficient (Wildman–Crippen LogP) is 4.10. The maximum absolute atomic E-state index is 9.09. The van der Waals surface area contributed by atoms with Crippen molar-refractivity contribution >= 4 is 22.1 Å². The Bertz CT molecular complexity index is 719. The SMILES string of the molecule is CN(c1ccc(CO)cc1)c1ccc2ccccc2c1. The second-order valence-electron chi connectivity index (χ2n) is 4.92. The zero-order chi connectivity index (χ0) is 13.9. The molecule has 0 saturated heterocycles. The number of hydrogen-bond donors (Lipinski definition) is 1. The number of anilines is 2. The summed E-state index contributed by atoms with van der Waals surface area (Å²) in [6.45, 7) is 0.0833. The Morgan fingerprint density at radius 3 is 2.15 bits per heavy atom. The van der Waals surface area contributed by atoms with Crippen LogP contribution in [0.3, 0.4) is 0 Å². The van der Waals surface area contributed by atoms with Crippen LogP contribution in [0.2, 0.25) is 0 Å². The molecule has 0 atom stereocenters. The Balaban J connectivity index is 1.96. The van der Waals surface area contributed by atoms with E-state index in [2.05, 4.69) is 54.4 Å². The van der Waals surface area contributed by atoms with Gasteiger partial charge in [-0.2, -0.15) is 0 Å². The molecule has 0 radical (unpaired) electrons. The summed E-state index contributed by atoms with van der Waals surface area (Å²) in [5.41, 5.74) is 3.19. The van der Waals surface area contributed by atoms with E-state index in [4.69, 9.17) is 5.11 Å². The lowest BCUT2D eigenvalue weighted by Gasteiger charge is -2.20.